The molecule has 0 aromatic carbocycles. The number of aromatic nitrogens is 6. The third-order valence-electron chi connectivity index (χ3n) is 3.84. The molecule has 3 aromatic rings. The van der Waals surface area contributed by atoms with Crippen molar-refractivity contribution < 1.29 is 8.78 Å². The summed E-state index contributed by atoms with van der Waals surface area (Å²) in [6.45, 7) is -0.123. The molecule has 0 saturated carbocycles. The summed E-state index contributed by atoms with van der Waals surface area (Å²) in [5, 5.41) is 13.7. The molecule has 3 aromatic heterocycles. The van der Waals surface area contributed by atoms with Crippen LogP contribution >= 0.6 is 0 Å². The lowest BCUT2D eigenvalue weighted by Gasteiger charge is -2.20. The number of nitrogens with zero attached hydrogens (tertiary/aromatic N) is 6. The highest BCUT2D eigenvalue weighted by Crippen LogP contribution is 2.37. The van der Waals surface area contributed by atoms with Crippen molar-refractivity contribution in [3.8, 4) is 11.3 Å². The number of alkyl halides is 2. The van der Waals surface area contributed by atoms with E-state index in [0.717, 1.165) is 0 Å². The van der Waals surface area contributed by atoms with Gasteiger partial charge in [0.15, 0.2) is 5.65 Å². The Morgan fingerprint density at radius 3 is 2.91 bits per heavy atom. The van der Waals surface area contributed by atoms with Crippen LogP contribution in [0.1, 0.15) is 6.42 Å². The molecule has 0 aliphatic carbocycles. The van der Waals surface area contributed by atoms with E-state index in [-0.39, 0.29) is 19.5 Å². The molecule has 10 heteroatoms. The highest BCUT2D eigenvalue weighted by molar-refractivity contribution is 5.85. The van der Waals surface area contributed by atoms with E-state index in [4.69, 9.17) is 0 Å². The third kappa shape index (κ3) is 2.26. The van der Waals surface area contributed by atoms with Gasteiger partial charge in [0.05, 0.1) is 12.7 Å². The second-order valence-electron chi connectivity index (χ2n) is 5.41. The van der Waals surface area contributed by atoms with Crippen molar-refractivity contribution in [3.63, 3.8) is 0 Å². The monoisotopic (exact) mass is 320 g/mol. The van der Waals surface area contributed by atoms with Gasteiger partial charge in [-0.25, -0.2) is 13.8 Å². The van der Waals surface area contributed by atoms with Crippen LogP contribution in [-0.4, -0.2) is 55.8 Å². The number of H-pyrrole nitrogens is 1. The standard InChI is InChI=1S/C13H14F2N8/c1-16-12-20-11-10(22-3-2-13(14,15)6-22)9(8-4-18-19-5-8)17-7-23(11)21-12/h4-5,7H,2-3,6H2,1H3,(H,16,21)(H,18,19). The predicted octanol–water partition coefficient (Wildman–Crippen LogP) is 1.40. The molecule has 2 N–H and O–H groups in total. The number of hydrogen-bond acceptors (Lipinski definition) is 6. The van der Waals surface area contributed by atoms with E-state index in [1.54, 1.807) is 24.3 Å². The van der Waals surface area contributed by atoms with Crippen molar-refractivity contribution in [2.75, 3.05) is 30.4 Å². The Bertz CT molecular complexity index is 841. The molecule has 1 saturated heterocycles. The first-order valence-electron chi connectivity index (χ1n) is 7.12. The van der Waals surface area contributed by atoms with Crippen LogP contribution in [0.5, 0.6) is 0 Å². The fourth-order valence-corrected chi connectivity index (χ4v) is 2.76. The molecule has 0 atom stereocenters. The zero-order valence-electron chi connectivity index (χ0n) is 12.3. The summed E-state index contributed by atoms with van der Waals surface area (Å²) < 4.78 is 28.9. The fraction of sp³-hybridized carbons (Fsp3) is 0.385. The molecule has 0 amide bonds. The van der Waals surface area contributed by atoms with E-state index < -0.39 is 5.92 Å². The van der Waals surface area contributed by atoms with Gasteiger partial charge in [0.2, 0.25) is 5.95 Å². The van der Waals surface area contributed by atoms with Crippen molar-refractivity contribution in [3.05, 3.63) is 18.7 Å². The van der Waals surface area contributed by atoms with Gasteiger partial charge in [0, 0.05) is 31.8 Å². The average Bonchev–Trinajstić information content (AvgIpc) is 3.24. The van der Waals surface area contributed by atoms with Crippen LogP contribution in [-0.2, 0) is 0 Å². The SMILES string of the molecule is CNc1nc2c(N3CCC(F)(F)C3)c(-c3cn[nH]c3)ncn2n1. The maximum Gasteiger partial charge on any atom is 0.266 e. The van der Waals surface area contributed by atoms with Crippen molar-refractivity contribution in [1.82, 2.24) is 29.8 Å². The van der Waals surface area contributed by atoms with E-state index in [0.29, 0.717) is 28.5 Å². The van der Waals surface area contributed by atoms with Crippen LogP contribution in [0.25, 0.3) is 16.9 Å². The van der Waals surface area contributed by atoms with Crippen LogP contribution in [0.15, 0.2) is 18.7 Å². The molecule has 0 unspecified atom stereocenters. The highest BCUT2D eigenvalue weighted by Gasteiger charge is 2.40. The summed E-state index contributed by atoms with van der Waals surface area (Å²) in [4.78, 5) is 10.4. The molecular weight excluding hydrogens is 306 g/mol. The molecular formula is C13H14F2N8. The topological polar surface area (TPSA) is 87.0 Å². The number of halogens is 2. The Morgan fingerprint density at radius 2 is 2.26 bits per heavy atom. The summed E-state index contributed by atoms with van der Waals surface area (Å²) in [5.41, 5.74) is 2.30. The van der Waals surface area contributed by atoms with Crippen LogP contribution in [0, 0.1) is 0 Å². The number of rotatable bonds is 3. The van der Waals surface area contributed by atoms with Crippen molar-refractivity contribution in [2.24, 2.45) is 0 Å². The lowest BCUT2D eigenvalue weighted by Crippen LogP contribution is -2.26. The third-order valence-corrected chi connectivity index (χ3v) is 3.84. The molecule has 0 radical (unpaired) electrons. The lowest BCUT2D eigenvalue weighted by atomic mass is 10.2. The second-order valence-corrected chi connectivity index (χ2v) is 5.41. The first-order valence-corrected chi connectivity index (χ1v) is 7.12. The molecule has 1 aliphatic heterocycles. The number of anilines is 2. The van der Waals surface area contributed by atoms with E-state index >= 15 is 0 Å². The maximum absolute atomic E-state index is 13.7. The molecule has 4 heterocycles. The first kappa shape index (κ1) is 13.9. The minimum absolute atomic E-state index is 0.189. The molecule has 120 valence electrons. The fourth-order valence-electron chi connectivity index (χ4n) is 2.76. The minimum atomic E-state index is -2.72. The van der Waals surface area contributed by atoms with E-state index in [1.165, 1.54) is 10.8 Å². The summed E-state index contributed by atoms with van der Waals surface area (Å²) in [7, 11) is 1.70. The van der Waals surface area contributed by atoms with Crippen LogP contribution < -0.4 is 10.2 Å². The number of nitrogens with one attached hydrogen (secondary N) is 2. The predicted molar refractivity (Wildman–Crippen MR) is 79.7 cm³/mol. The zero-order chi connectivity index (χ0) is 16.0. The quantitative estimate of drug-likeness (QED) is 0.758. The molecule has 1 aliphatic rings. The van der Waals surface area contributed by atoms with E-state index in [1.807, 2.05) is 0 Å². The maximum atomic E-state index is 13.7. The molecule has 23 heavy (non-hydrogen) atoms. The summed E-state index contributed by atoms with van der Waals surface area (Å²) >= 11 is 0. The number of fused-ring (bicyclic) bond motifs is 1. The van der Waals surface area contributed by atoms with Gasteiger partial charge in [-0.1, -0.05) is 0 Å². The van der Waals surface area contributed by atoms with Crippen LogP contribution in [0.2, 0.25) is 0 Å². The molecule has 0 spiro atoms. The molecule has 8 nitrogen and oxygen atoms in total. The van der Waals surface area contributed by atoms with E-state index in [9.17, 15) is 8.78 Å². The summed E-state index contributed by atoms with van der Waals surface area (Å²) in [6.07, 6.45) is 4.60. The summed E-state index contributed by atoms with van der Waals surface area (Å²) in [5.74, 6) is -2.31. The molecule has 4 rings (SSSR count). The molecule has 1 fully saturated rings. The van der Waals surface area contributed by atoms with Gasteiger partial charge in [-0.2, -0.15) is 14.6 Å². The average molecular weight is 320 g/mol. The van der Waals surface area contributed by atoms with Crippen molar-refractivity contribution in [2.45, 2.75) is 12.3 Å². The van der Waals surface area contributed by atoms with Crippen molar-refractivity contribution >= 4 is 17.3 Å². The van der Waals surface area contributed by atoms with Gasteiger partial charge in [0.1, 0.15) is 17.7 Å². The van der Waals surface area contributed by atoms with Gasteiger partial charge >= 0.3 is 0 Å². The smallest absolute Gasteiger partial charge is 0.266 e. The lowest BCUT2D eigenvalue weighted by molar-refractivity contribution is 0.0257. The number of aromatic amines is 1. The van der Waals surface area contributed by atoms with Gasteiger partial charge in [0.25, 0.3) is 5.92 Å². The Labute approximate surface area is 129 Å². The van der Waals surface area contributed by atoms with Crippen LogP contribution in [0.3, 0.4) is 0 Å². The van der Waals surface area contributed by atoms with Crippen LogP contribution in [0.4, 0.5) is 20.4 Å². The van der Waals surface area contributed by atoms with Gasteiger partial charge in [-0.3, -0.25) is 5.10 Å². The largest absolute Gasteiger partial charge is 0.360 e. The van der Waals surface area contributed by atoms with Gasteiger partial charge in [-0.15, -0.1) is 5.10 Å². The highest BCUT2D eigenvalue weighted by atomic mass is 19.3. The van der Waals surface area contributed by atoms with Gasteiger partial charge in [-0.05, 0) is 0 Å². The zero-order valence-corrected chi connectivity index (χ0v) is 12.3. The van der Waals surface area contributed by atoms with E-state index in [2.05, 4.69) is 30.6 Å². The van der Waals surface area contributed by atoms with Crippen molar-refractivity contribution in [1.29, 1.82) is 0 Å². The minimum Gasteiger partial charge on any atom is -0.360 e. The Morgan fingerprint density at radius 1 is 1.39 bits per heavy atom. The Kier molecular flexibility index (Phi) is 2.93. The first-order chi connectivity index (χ1) is 11.1. The summed E-state index contributed by atoms with van der Waals surface area (Å²) in [6, 6.07) is 0. The van der Waals surface area contributed by atoms with Gasteiger partial charge < -0.3 is 10.2 Å². The Hall–Kier alpha value is -2.78. The second kappa shape index (κ2) is 4.86. The number of hydrogen-bond donors (Lipinski definition) is 2. The molecule has 0 bridgehead atoms. The normalized spacial score (nSPS) is 17.1. The Balaban J connectivity index is 1.93.